The minimum absolute atomic E-state index is 0.352. The summed E-state index contributed by atoms with van der Waals surface area (Å²) in [6, 6.07) is 6.02. The van der Waals surface area contributed by atoms with Crippen molar-refractivity contribution in [2.45, 2.75) is 12.5 Å². The number of benzene rings is 1. The largest absolute Gasteiger partial charge is 0.496 e. The number of hydrogen-bond donors (Lipinski definition) is 1. The second kappa shape index (κ2) is 5.69. The third-order valence-corrected chi connectivity index (χ3v) is 4.11. The molecule has 1 heterocycles. The van der Waals surface area contributed by atoms with Gasteiger partial charge in [0, 0.05) is 22.9 Å². The van der Waals surface area contributed by atoms with Gasteiger partial charge in [0.05, 0.1) is 12.1 Å². The summed E-state index contributed by atoms with van der Waals surface area (Å²) in [6.45, 7) is 0. The summed E-state index contributed by atoms with van der Waals surface area (Å²) >= 11 is 7.53. The molecule has 2 N–H and O–H groups in total. The third-order valence-electron chi connectivity index (χ3n) is 2.70. The van der Waals surface area contributed by atoms with E-state index < -0.39 is 6.04 Å². The van der Waals surface area contributed by atoms with Crippen LogP contribution in [0.15, 0.2) is 29.6 Å². The predicted molar refractivity (Wildman–Crippen MR) is 72.9 cm³/mol. The van der Waals surface area contributed by atoms with Gasteiger partial charge in [-0.2, -0.15) is 0 Å². The first kappa shape index (κ1) is 13.3. The average molecular weight is 286 g/mol. The minimum atomic E-state index is -0.475. The van der Waals surface area contributed by atoms with Crippen molar-refractivity contribution in [1.29, 1.82) is 0 Å². The van der Waals surface area contributed by atoms with E-state index in [1.165, 1.54) is 24.5 Å². The smallest absolute Gasteiger partial charge is 0.131 e. The number of ether oxygens (including phenoxy) is 1. The van der Waals surface area contributed by atoms with E-state index in [9.17, 15) is 4.39 Å². The second-order valence-electron chi connectivity index (χ2n) is 3.86. The van der Waals surface area contributed by atoms with Gasteiger partial charge in [-0.1, -0.05) is 17.7 Å². The Bertz CT molecular complexity index is 544. The topological polar surface area (TPSA) is 35.2 Å². The highest BCUT2D eigenvalue weighted by atomic mass is 35.5. The van der Waals surface area contributed by atoms with Crippen LogP contribution >= 0.6 is 22.9 Å². The van der Waals surface area contributed by atoms with Crippen LogP contribution < -0.4 is 10.5 Å². The molecule has 1 aromatic carbocycles. The van der Waals surface area contributed by atoms with E-state index in [2.05, 4.69) is 0 Å². The van der Waals surface area contributed by atoms with E-state index in [0.717, 1.165) is 4.88 Å². The lowest BCUT2D eigenvalue weighted by molar-refractivity contribution is 0.399. The van der Waals surface area contributed by atoms with Crippen molar-refractivity contribution >= 4 is 22.9 Å². The van der Waals surface area contributed by atoms with E-state index in [1.54, 1.807) is 12.1 Å². The van der Waals surface area contributed by atoms with Crippen LogP contribution in [0.3, 0.4) is 0 Å². The molecular weight excluding hydrogens is 273 g/mol. The molecule has 0 saturated carbocycles. The lowest BCUT2D eigenvalue weighted by atomic mass is 10.0. The molecule has 2 nitrogen and oxygen atoms in total. The van der Waals surface area contributed by atoms with E-state index >= 15 is 0 Å². The molecule has 0 saturated heterocycles. The van der Waals surface area contributed by atoms with Crippen molar-refractivity contribution < 1.29 is 9.13 Å². The molecule has 2 rings (SSSR count). The first-order valence-corrected chi connectivity index (χ1v) is 6.69. The molecule has 0 aliphatic heterocycles. The minimum Gasteiger partial charge on any atom is -0.496 e. The van der Waals surface area contributed by atoms with Crippen LogP contribution in [-0.2, 0) is 6.42 Å². The van der Waals surface area contributed by atoms with Crippen LogP contribution in [0.25, 0.3) is 0 Å². The molecule has 1 atom stereocenters. The maximum Gasteiger partial charge on any atom is 0.131 e. The van der Waals surface area contributed by atoms with Crippen LogP contribution in [0, 0.1) is 5.82 Å². The number of rotatable bonds is 4. The van der Waals surface area contributed by atoms with Crippen molar-refractivity contribution in [3.8, 4) is 5.75 Å². The molecule has 0 aliphatic rings. The molecule has 1 unspecified atom stereocenters. The Morgan fingerprint density at radius 2 is 2.22 bits per heavy atom. The fraction of sp³-hybridized carbons (Fsp3) is 0.231. The standard InChI is InChI=1S/C13H13ClFNOS/c1-17-11-4-2-3-9(15)13(11)10(16)7-12-8(14)5-6-18-12/h2-6,10H,7,16H2,1H3. The summed E-state index contributed by atoms with van der Waals surface area (Å²) in [6.07, 6.45) is 0.494. The number of thiophene rings is 1. The Labute approximate surface area is 114 Å². The molecule has 1 aromatic heterocycles. The summed E-state index contributed by atoms with van der Waals surface area (Å²) in [5.41, 5.74) is 6.45. The molecule has 2 aromatic rings. The summed E-state index contributed by atoms with van der Waals surface area (Å²) in [4.78, 5) is 0.953. The van der Waals surface area contributed by atoms with Crippen LogP contribution in [0.1, 0.15) is 16.5 Å². The molecule has 96 valence electrons. The van der Waals surface area contributed by atoms with Crippen molar-refractivity contribution in [2.75, 3.05) is 7.11 Å². The fourth-order valence-electron chi connectivity index (χ4n) is 1.83. The first-order chi connectivity index (χ1) is 8.63. The Morgan fingerprint density at radius 1 is 1.44 bits per heavy atom. The number of methoxy groups -OCH3 is 1. The average Bonchev–Trinajstić information content (AvgIpc) is 2.74. The van der Waals surface area contributed by atoms with Gasteiger partial charge in [-0.05, 0) is 23.6 Å². The zero-order chi connectivity index (χ0) is 13.1. The van der Waals surface area contributed by atoms with Gasteiger partial charge in [0.1, 0.15) is 11.6 Å². The van der Waals surface area contributed by atoms with Gasteiger partial charge in [-0.25, -0.2) is 4.39 Å². The fourth-order valence-corrected chi connectivity index (χ4v) is 3.00. The quantitative estimate of drug-likeness (QED) is 0.927. The highest BCUT2D eigenvalue weighted by Gasteiger charge is 2.18. The zero-order valence-electron chi connectivity index (χ0n) is 9.82. The van der Waals surface area contributed by atoms with Gasteiger partial charge in [0.25, 0.3) is 0 Å². The molecule has 0 spiro atoms. The molecule has 0 bridgehead atoms. The van der Waals surface area contributed by atoms with Gasteiger partial charge in [-0.15, -0.1) is 11.3 Å². The summed E-state index contributed by atoms with van der Waals surface area (Å²) in [5, 5.41) is 2.56. The van der Waals surface area contributed by atoms with E-state index in [4.69, 9.17) is 22.1 Å². The molecule has 0 fully saturated rings. The number of halogens is 2. The SMILES string of the molecule is COc1cccc(F)c1C(N)Cc1sccc1Cl. The molecule has 0 radical (unpaired) electrons. The second-order valence-corrected chi connectivity index (χ2v) is 5.27. The summed E-state index contributed by atoms with van der Waals surface area (Å²) in [5.74, 6) is 0.115. The van der Waals surface area contributed by atoms with Gasteiger partial charge in [-0.3, -0.25) is 0 Å². The van der Waals surface area contributed by atoms with Crippen molar-refractivity contribution in [3.63, 3.8) is 0 Å². The van der Waals surface area contributed by atoms with Crippen molar-refractivity contribution in [3.05, 3.63) is 50.9 Å². The van der Waals surface area contributed by atoms with Crippen LogP contribution in [0.4, 0.5) is 4.39 Å². The molecular formula is C13H13ClFNOS. The Balaban J connectivity index is 2.29. The maximum absolute atomic E-state index is 13.8. The van der Waals surface area contributed by atoms with Gasteiger partial charge in [0.2, 0.25) is 0 Å². The summed E-state index contributed by atoms with van der Waals surface area (Å²) < 4.78 is 19.0. The predicted octanol–water partition coefficient (Wildman–Crippen LogP) is 3.79. The Hall–Kier alpha value is -1.10. The first-order valence-electron chi connectivity index (χ1n) is 5.43. The molecule has 0 amide bonds. The highest BCUT2D eigenvalue weighted by Crippen LogP contribution is 2.32. The summed E-state index contributed by atoms with van der Waals surface area (Å²) in [7, 11) is 1.50. The van der Waals surface area contributed by atoms with Gasteiger partial charge >= 0.3 is 0 Å². The monoisotopic (exact) mass is 285 g/mol. The lowest BCUT2D eigenvalue weighted by Gasteiger charge is -2.16. The maximum atomic E-state index is 13.8. The van der Waals surface area contributed by atoms with E-state index in [-0.39, 0.29) is 5.82 Å². The van der Waals surface area contributed by atoms with Crippen LogP contribution in [0.2, 0.25) is 5.02 Å². The van der Waals surface area contributed by atoms with Crippen LogP contribution in [-0.4, -0.2) is 7.11 Å². The van der Waals surface area contributed by atoms with Gasteiger partial charge < -0.3 is 10.5 Å². The third kappa shape index (κ3) is 2.66. The highest BCUT2D eigenvalue weighted by molar-refractivity contribution is 7.10. The van der Waals surface area contributed by atoms with Crippen molar-refractivity contribution in [1.82, 2.24) is 0 Å². The van der Waals surface area contributed by atoms with Gasteiger partial charge in [0.15, 0.2) is 0 Å². The van der Waals surface area contributed by atoms with Crippen molar-refractivity contribution in [2.24, 2.45) is 5.73 Å². The van der Waals surface area contributed by atoms with Crippen LogP contribution in [0.5, 0.6) is 5.75 Å². The zero-order valence-corrected chi connectivity index (χ0v) is 11.4. The Kier molecular flexibility index (Phi) is 4.22. The number of nitrogens with two attached hydrogens (primary N) is 1. The molecule has 0 aliphatic carbocycles. The molecule has 18 heavy (non-hydrogen) atoms. The van der Waals surface area contributed by atoms with E-state index in [1.807, 2.05) is 11.4 Å². The molecule has 5 heteroatoms. The lowest BCUT2D eigenvalue weighted by Crippen LogP contribution is -2.15. The van der Waals surface area contributed by atoms with E-state index in [0.29, 0.717) is 22.8 Å². The number of hydrogen-bond acceptors (Lipinski definition) is 3. The Morgan fingerprint density at radius 3 is 2.83 bits per heavy atom. The normalized spacial score (nSPS) is 12.4.